The third-order valence-electron chi connectivity index (χ3n) is 11.6. The standard InChI is InChI=1S/C24BF20.C23H17N2/c26-5-1(6(27)14(35)21(42)13(5)34)25(2-7(28)15(36)22(43)16(37)8(2)29,3-9(30)17(38)23(44)18(39)10(3)31)4-11(32)19(40)24(45)20(41)12(4)33;1-2-6-18-15-22-20(13-17(18)5-1)14-19-7-3-4-8-21(19)23(22)16-25-11-9-24-10-12-25/h;1-15H,16H2/q-1;+1. The molecule has 70 heavy (non-hydrogen) atoms. The Kier molecular flexibility index (Phi) is 12.5. The minimum atomic E-state index is -7.22. The molecule has 0 atom stereocenters. The number of hydrogen-bond acceptors (Lipinski definition) is 1. The zero-order valence-corrected chi connectivity index (χ0v) is 33.9. The van der Waals surface area contributed by atoms with Gasteiger partial charge in [-0.1, -0.05) is 48.5 Å². The molecule has 0 fully saturated rings. The fourth-order valence-electron chi connectivity index (χ4n) is 8.53. The van der Waals surface area contributed by atoms with Gasteiger partial charge in [-0.2, -0.15) is 4.57 Å². The van der Waals surface area contributed by atoms with Gasteiger partial charge in [0.15, 0.2) is 88.7 Å². The van der Waals surface area contributed by atoms with Crippen molar-refractivity contribution in [1.29, 1.82) is 0 Å². The summed E-state index contributed by atoms with van der Waals surface area (Å²) in [5, 5.41) is 7.78. The predicted octanol–water partition coefficient (Wildman–Crippen LogP) is 10.7. The lowest BCUT2D eigenvalue weighted by atomic mass is 9.12. The quantitative estimate of drug-likeness (QED) is 0.0405. The smallest absolute Gasteiger partial charge is 0.200 e. The molecule has 1 aromatic heterocycles. The SMILES string of the molecule is Fc1c(F)c(F)c([B-](c2c(F)c(F)c(F)c(F)c2F)(c2c(F)c(F)c(F)c(F)c2F)c2c(F)c(F)c(F)c(F)c2F)c(F)c1F.c1ccc2cc3c(C[n+]4ccncc4)c4ccccc4cc3cc2c1. The maximum atomic E-state index is 15.4. The second-order valence-corrected chi connectivity index (χ2v) is 15.2. The summed E-state index contributed by atoms with van der Waals surface area (Å²) in [5.41, 5.74) is -13.0. The van der Waals surface area contributed by atoms with Crippen LogP contribution in [0.5, 0.6) is 0 Å². The maximum Gasteiger partial charge on any atom is 0.200 e. The third-order valence-corrected chi connectivity index (χ3v) is 11.6. The topological polar surface area (TPSA) is 16.8 Å². The largest absolute Gasteiger partial charge is 0.252 e. The Hall–Kier alpha value is -7.72. The molecule has 1 heterocycles. The number of aromatic nitrogens is 2. The van der Waals surface area contributed by atoms with Crippen molar-refractivity contribution in [2.45, 2.75) is 6.54 Å². The molecule has 8 aromatic carbocycles. The lowest BCUT2D eigenvalue weighted by molar-refractivity contribution is -0.688. The highest BCUT2D eigenvalue weighted by Gasteiger charge is 2.52. The normalized spacial score (nSPS) is 11.8. The lowest BCUT2D eigenvalue weighted by Crippen LogP contribution is -2.81. The molecule has 23 heteroatoms. The summed E-state index contributed by atoms with van der Waals surface area (Å²) in [6, 6.07) is 24.2. The van der Waals surface area contributed by atoms with Crippen molar-refractivity contribution in [3.8, 4) is 0 Å². The third kappa shape index (κ3) is 7.31. The molecule has 0 bridgehead atoms. The zero-order valence-electron chi connectivity index (χ0n) is 33.9. The Balaban J connectivity index is 0.000000219. The van der Waals surface area contributed by atoms with Crippen LogP contribution in [0.2, 0.25) is 0 Å². The molecule has 0 aliphatic rings. The summed E-state index contributed by atoms with van der Waals surface area (Å²) >= 11 is 0. The average Bonchev–Trinajstić information content (AvgIpc) is 3.36. The molecule has 0 aliphatic heterocycles. The van der Waals surface area contributed by atoms with Crippen molar-refractivity contribution in [3.05, 3.63) is 213 Å². The summed E-state index contributed by atoms with van der Waals surface area (Å²) < 4.78 is 296. The number of nitrogens with zero attached hydrogens (tertiary/aromatic N) is 2. The van der Waals surface area contributed by atoms with Gasteiger partial charge in [0.05, 0.1) is 12.4 Å². The Bertz CT molecular complexity index is 3260. The predicted molar refractivity (Wildman–Crippen MR) is 212 cm³/mol. The van der Waals surface area contributed by atoms with Crippen LogP contribution in [-0.4, -0.2) is 11.1 Å². The van der Waals surface area contributed by atoms with E-state index in [1.54, 1.807) is 0 Å². The van der Waals surface area contributed by atoms with Gasteiger partial charge in [-0.3, -0.25) is 4.98 Å². The molecule has 0 N–H and O–H groups in total. The Labute approximate surface area is 377 Å². The van der Waals surface area contributed by atoms with Gasteiger partial charge in [-0.15, -0.1) is 21.9 Å². The van der Waals surface area contributed by atoms with Crippen LogP contribution in [0.1, 0.15) is 5.56 Å². The highest BCUT2D eigenvalue weighted by Crippen LogP contribution is 2.33. The van der Waals surface area contributed by atoms with Crippen molar-refractivity contribution in [2.75, 3.05) is 0 Å². The average molecular weight is 1000 g/mol. The van der Waals surface area contributed by atoms with Crippen molar-refractivity contribution >= 4 is 60.3 Å². The molecule has 0 saturated heterocycles. The molecule has 9 rings (SSSR count). The summed E-state index contributed by atoms with van der Waals surface area (Å²) in [6.07, 6.45) is 0.500. The van der Waals surface area contributed by atoms with Gasteiger partial charge in [-0.05, 0) is 50.5 Å². The second kappa shape index (κ2) is 18.0. The first kappa shape index (κ1) is 48.7. The summed E-state index contributed by atoms with van der Waals surface area (Å²) in [7, 11) is 0. The van der Waals surface area contributed by atoms with E-state index in [1.807, 2.05) is 24.8 Å². The number of benzene rings is 8. The van der Waals surface area contributed by atoms with Crippen LogP contribution in [0.25, 0.3) is 32.3 Å². The van der Waals surface area contributed by atoms with E-state index >= 15 is 35.1 Å². The van der Waals surface area contributed by atoms with Crippen LogP contribution in [0.15, 0.2) is 91.5 Å². The van der Waals surface area contributed by atoms with E-state index in [-0.39, 0.29) is 0 Å². The fraction of sp³-hybridized carbons (Fsp3) is 0.0213. The molecular formula is C47H17BF20N2. The molecule has 0 saturated carbocycles. The van der Waals surface area contributed by atoms with Crippen molar-refractivity contribution in [2.24, 2.45) is 0 Å². The van der Waals surface area contributed by atoms with E-state index in [2.05, 4.69) is 76.3 Å². The first-order valence-corrected chi connectivity index (χ1v) is 19.4. The molecule has 0 aliphatic carbocycles. The van der Waals surface area contributed by atoms with E-state index < -0.39 is 144 Å². The van der Waals surface area contributed by atoms with Crippen LogP contribution < -0.4 is 26.4 Å². The monoisotopic (exact) mass is 1000 g/mol. The molecule has 9 aromatic rings. The van der Waals surface area contributed by atoms with Gasteiger partial charge in [0.1, 0.15) is 52.7 Å². The highest BCUT2D eigenvalue weighted by molar-refractivity contribution is 7.20. The first-order valence-electron chi connectivity index (χ1n) is 19.4. The van der Waals surface area contributed by atoms with Crippen molar-refractivity contribution < 1.29 is 92.4 Å². The first-order chi connectivity index (χ1) is 33.1. The number of halogens is 20. The van der Waals surface area contributed by atoms with E-state index in [1.165, 1.54) is 37.9 Å². The number of hydrogen-bond donors (Lipinski definition) is 0. The molecule has 2 nitrogen and oxygen atoms in total. The molecular weight excluding hydrogens is 983 g/mol. The van der Waals surface area contributed by atoms with Gasteiger partial charge >= 0.3 is 0 Å². The minimum Gasteiger partial charge on any atom is -0.252 e. The minimum absolute atomic E-state index is 0.832. The Morgan fingerprint density at radius 3 is 0.957 bits per heavy atom. The molecule has 0 unspecified atom stereocenters. The fourth-order valence-corrected chi connectivity index (χ4v) is 8.53. The second-order valence-electron chi connectivity index (χ2n) is 15.2. The summed E-state index contributed by atoms with van der Waals surface area (Å²) in [4.78, 5) is 4.13. The molecule has 0 spiro atoms. The Morgan fingerprint density at radius 2 is 0.600 bits per heavy atom. The molecule has 0 amide bonds. The van der Waals surface area contributed by atoms with Crippen LogP contribution in [0.4, 0.5) is 87.8 Å². The van der Waals surface area contributed by atoms with Crippen molar-refractivity contribution in [1.82, 2.24) is 4.98 Å². The van der Waals surface area contributed by atoms with E-state index in [0.717, 1.165) is 6.54 Å². The van der Waals surface area contributed by atoms with Gasteiger partial charge in [0, 0.05) is 5.56 Å². The van der Waals surface area contributed by atoms with E-state index in [9.17, 15) is 52.7 Å². The highest BCUT2D eigenvalue weighted by atomic mass is 19.2. The van der Waals surface area contributed by atoms with Crippen LogP contribution >= 0.6 is 0 Å². The summed E-state index contributed by atoms with van der Waals surface area (Å²) in [5.74, 6) is -71.4. The van der Waals surface area contributed by atoms with Crippen LogP contribution in [0, 0.1) is 116 Å². The lowest BCUT2D eigenvalue weighted by Gasteiger charge is -2.44. The maximum absolute atomic E-state index is 15.4. The Morgan fingerprint density at radius 1 is 0.314 bits per heavy atom. The van der Waals surface area contributed by atoms with Gasteiger partial charge < -0.3 is 0 Å². The number of rotatable bonds is 6. The van der Waals surface area contributed by atoms with E-state index in [4.69, 9.17) is 0 Å². The molecule has 358 valence electrons. The van der Waals surface area contributed by atoms with Gasteiger partial charge in [-0.25, -0.2) is 87.8 Å². The molecule has 0 radical (unpaired) electrons. The van der Waals surface area contributed by atoms with Gasteiger partial charge in [0.2, 0.25) is 0 Å². The number of fused-ring (bicyclic) bond motifs is 3. The van der Waals surface area contributed by atoms with Crippen LogP contribution in [-0.2, 0) is 6.54 Å². The van der Waals surface area contributed by atoms with E-state index in [0.29, 0.717) is 0 Å². The van der Waals surface area contributed by atoms with Crippen LogP contribution in [0.3, 0.4) is 0 Å². The zero-order chi connectivity index (χ0) is 51.0. The van der Waals surface area contributed by atoms with Crippen molar-refractivity contribution in [3.63, 3.8) is 0 Å². The van der Waals surface area contributed by atoms with Gasteiger partial charge in [0.25, 0.3) is 0 Å². The summed E-state index contributed by atoms with van der Waals surface area (Å²) in [6.45, 7) is 0.832.